The van der Waals surface area contributed by atoms with Crippen LogP contribution in [0.1, 0.15) is 19.8 Å². The molecule has 3 N–H and O–H groups in total. The zero-order chi connectivity index (χ0) is 14.2. The number of nitrogens with zero attached hydrogens (tertiary/aromatic N) is 1. The lowest BCUT2D eigenvalue weighted by atomic mass is 9.91. The first-order valence-corrected chi connectivity index (χ1v) is 7.56. The zero-order valence-electron chi connectivity index (χ0n) is 11.4. The van der Waals surface area contributed by atoms with Gasteiger partial charge in [0.05, 0.1) is 23.1 Å². The van der Waals surface area contributed by atoms with Crippen LogP contribution in [0.2, 0.25) is 0 Å². The van der Waals surface area contributed by atoms with Gasteiger partial charge in [-0.3, -0.25) is 4.98 Å². The first-order valence-electron chi connectivity index (χ1n) is 6.77. The number of fused-ring (bicyclic) bond motifs is 1. The molecular formula is C15H18BrN3O. The predicted molar refractivity (Wildman–Crippen MR) is 85.9 cm³/mol. The van der Waals surface area contributed by atoms with Crippen LogP contribution in [-0.2, 0) is 4.74 Å². The molecule has 0 amide bonds. The minimum atomic E-state index is 0.0168. The molecule has 0 saturated carbocycles. The van der Waals surface area contributed by atoms with Crippen molar-refractivity contribution in [1.82, 2.24) is 4.98 Å². The number of halogens is 1. The maximum absolute atomic E-state index is 6.14. The van der Waals surface area contributed by atoms with E-state index in [0.717, 1.165) is 47.1 Å². The molecular weight excluding hydrogens is 318 g/mol. The van der Waals surface area contributed by atoms with Crippen LogP contribution >= 0.6 is 15.9 Å². The maximum Gasteiger partial charge on any atom is 0.0743 e. The molecule has 0 spiro atoms. The normalized spacial score (nSPS) is 18.1. The number of hydrogen-bond acceptors (Lipinski definition) is 4. The SMILES string of the molecule is CC1(Nc2c(N)cnc3ccc(Br)cc23)CCOCC1. The van der Waals surface area contributed by atoms with Crippen molar-refractivity contribution in [2.75, 3.05) is 24.3 Å². The number of aromatic nitrogens is 1. The van der Waals surface area contributed by atoms with Gasteiger partial charge >= 0.3 is 0 Å². The Balaban J connectivity index is 2.05. The van der Waals surface area contributed by atoms with Crippen molar-refractivity contribution in [2.24, 2.45) is 0 Å². The molecule has 1 saturated heterocycles. The van der Waals surface area contributed by atoms with Crippen LogP contribution in [0.25, 0.3) is 10.9 Å². The largest absolute Gasteiger partial charge is 0.396 e. The molecule has 0 unspecified atom stereocenters. The van der Waals surface area contributed by atoms with E-state index in [1.165, 1.54) is 0 Å². The Morgan fingerprint density at radius 3 is 2.85 bits per heavy atom. The van der Waals surface area contributed by atoms with Crippen molar-refractivity contribution in [3.05, 3.63) is 28.9 Å². The fraction of sp³-hybridized carbons (Fsp3) is 0.400. The number of benzene rings is 1. The van der Waals surface area contributed by atoms with Gasteiger partial charge in [0.25, 0.3) is 0 Å². The van der Waals surface area contributed by atoms with Crippen LogP contribution in [0.3, 0.4) is 0 Å². The van der Waals surface area contributed by atoms with E-state index in [1.54, 1.807) is 6.20 Å². The average molecular weight is 336 g/mol. The van der Waals surface area contributed by atoms with Crippen molar-refractivity contribution in [3.8, 4) is 0 Å². The summed E-state index contributed by atoms with van der Waals surface area (Å²) in [5.74, 6) is 0. The van der Waals surface area contributed by atoms with Gasteiger partial charge in [0.15, 0.2) is 0 Å². The lowest BCUT2D eigenvalue weighted by Gasteiger charge is -2.36. The molecule has 1 aliphatic rings. The lowest BCUT2D eigenvalue weighted by Crippen LogP contribution is -2.40. The third-order valence-electron chi connectivity index (χ3n) is 3.88. The molecule has 1 fully saturated rings. The van der Waals surface area contributed by atoms with Crippen LogP contribution in [0.15, 0.2) is 28.9 Å². The number of anilines is 2. The summed E-state index contributed by atoms with van der Waals surface area (Å²) in [7, 11) is 0. The molecule has 4 nitrogen and oxygen atoms in total. The summed E-state index contributed by atoms with van der Waals surface area (Å²) in [5, 5.41) is 4.68. The zero-order valence-corrected chi connectivity index (χ0v) is 13.0. The van der Waals surface area contributed by atoms with Crippen LogP contribution in [0, 0.1) is 0 Å². The van der Waals surface area contributed by atoms with Gasteiger partial charge in [0, 0.05) is 28.6 Å². The molecule has 1 aliphatic heterocycles. The van der Waals surface area contributed by atoms with Gasteiger partial charge in [-0.15, -0.1) is 0 Å². The summed E-state index contributed by atoms with van der Waals surface area (Å²) < 4.78 is 6.47. The van der Waals surface area contributed by atoms with E-state index in [-0.39, 0.29) is 5.54 Å². The first-order chi connectivity index (χ1) is 9.57. The van der Waals surface area contributed by atoms with Crippen molar-refractivity contribution >= 4 is 38.2 Å². The topological polar surface area (TPSA) is 60.2 Å². The van der Waals surface area contributed by atoms with Gasteiger partial charge in [0.1, 0.15) is 0 Å². The Labute approximate surface area is 126 Å². The van der Waals surface area contributed by atoms with E-state index in [0.29, 0.717) is 5.69 Å². The molecule has 0 aliphatic carbocycles. The number of ether oxygens (including phenoxy) is 1. The molecule has 0 radical (unpaired) electrons. The molecule has 1 aromatic heterocycles. The molecule has 0 atom stereocenters. The van der Waals surface area contributed by atoms with E-state index < -0.39 is 0 Å². The van der Waals surface area contributed by atoms with Gasteiger partial charge in [-0.2, -0.15) is 0 Å². The number of hydrogen-bond donors (Lipinski definition) is 2. The van der Waals surface area contributed by atoms with E-state index >= 15 is 0 Å². The molecule has 1 aromatic carbocycles. The number of nitrogen functional groups attached to an aromatic ring is 1. The summed E-state index contributed by atoms with van der Waals surface area (Å²) in [6.07, 6.45) is 3.68. The lowest BCUT2D eigenvalue weighted by molar-refractivity contribution is 0.0659. The van der Waals surface area contributed by atoms with Crippen LogP contribution in [0.4, 0.5) is 11.4 Å². The highest BCUT2D eigenvalue weighted by atomic mass is 79.9. The van der Waals surface area contributed by atoms with E-state index in [1.807, 2.05) is 12.1 Å². The second-order valence-electron chi connectivity index (χ2n) is 5.55. The third-order valence-corrected chi connectivity index (χ3v) is 4.38. The number of rotatable bonds is 2. The predicted octanol–water partition coefficient (Wildman–Crippen LogP) is 3.56. The minimum absolute atomic E-state index is 0.0168. The minimum Gasteiger partial charge on any atom is -0.396 e. The van der Waals surface area contributed by atoms with Crippen LogP contribution < -0.4 is 11.1 Å². The fourth-order valence-corrected chi connectivity index (χ4v) is 2.93. The number of nitrogens with one attached hydrogen (secondary N) is 1. The molecule has 2 aromatic rings. The van der Waals surface area contributed by atoms with Gasteiger partial charge in [-0.1, -0.05) is 15.9 Å². The van der Waals surface area contributed by atoms with Gasteiger partial charge in [-0.25, -0.2) is 0 Å². The molecule has 20 heavy (non-hydrogen) atoms. The van der Waals surface area contributed by atoms with Crippen LogP contribution in [0.5, 0.6) is 0 Å². The Bertz CT molecular complexity index is 633. The highest BCUT2D eigenvalue weighted by Crippen LogP contribution is 2.34. The van der Waals surface area contributed by atoms with Gasteiger partial charge in [-0.05, 0) is 38.0 Å². The van der Waals surface area contributed by atoms with Gasteiger partial charge < -0.3 is 15.8 Å². The summed E-state index contributed by atoms with van der Waals surface area (Å²) in [6, 6.07) is 6.05. The third kappa shape index (κ3) is 2.60. The molecule has 3 rings (SSSR count). The standard InChI is InChI=1S/C15H18BrN3O/c1-15(4-6-20-7-5-15)19-14-11-8-10(16)2-3-13(11)18-9-12(14)17/h2-3,8-9H,4-7,17H2,1H3,(H,18,19). The molecule has 0 bridgehead atoms. The van der Waals surface area contributed by atoms with Gasteiger partial charge in [0.2, 0.25) is 0 Å². The Kier molecular flexibility index (Phi) is 3.56. The number of nitrogens with two attached hydrogens (primary N) is 1. The van der Waals surface area contributed by atoms with Crippen molar-refractivity contribution < 1.29 is 4.74 Å². The Hall–Kier alpha value is -1.33. The second kappa shape index (κ2) is 5.22. The monoisotopic (exact) mass is 335 g/mol. The smallest absolute Gasteiger partial charge is 0.0743 e. The second-order valence-corrected chi connectivity index (χ2v) is 6.46. The molecule has 106 valence electrons. The van der Waals surface area contributed by atoms with Crippen molar-refractivity contribution in [1.29, 1.82) is 0 Å². The van der Waals surface area contributed by atoms with E-state index in [9.17, 15) is 0 Å². The summed E-state index contributed by atoms with van der Waals surface area (Å²) >= 11 is 3.51. The highest BCUT2D eigenvalue weighted by Gasteiger charge is 2.28. The van der Waals surface area contributed by atoms with E-state index in [4.69, 9.17) is 10.5 Å². The first kappa shape index (κ1) is 13.6. The quantitative estimate of drug-likeness (QED) is 0.880. The van der Waals surface area contributed by atoms with Crippen molar-refractivity contribution in [2.45, 2.75) is 25.3 Å². The Morgan fingerprint density at radius 2 is 2.10 bits per heavy atom. The summed E-state index contributed by atoms with van der Waals surface area (Å²) in [6.45, 7) is 3.80. The highest BCUT2D eigenvalue weighted by molar-refractivity contribution is 9.10. The summed E-state index contributed by atoms with van der Waals surface area (Å²) in [4.78, 5) is 4.39. The average Bonchev–Trinajstić information content (AvgIpc) is 2.43. The molecule has 5 heteroatoms. The fourth-order valence-electron chi connectivity index (χ4n) is 2.57. The summed E-state index contributed by atoms with van der Waals surface area (Å²) in [5.41, 5.74) is 8.76. The molecule has 2 heterocycles. The maximum atomic E-state index is 6.14. The number of pyridine rings is 1. The van der Waals surface area contributed by atoms with Crippen molar-refractivity contribution in [3.63, 3.8) is 0 Å². The van der Waals surface area contributed by atoms with Crippen LogP contribution in [-0.4, -0.2) is 23.7 Å². The van der Waals surface area contributed by atoms with E-state index in [2.05, 4.69) is 39.2 Å². The Morgan fingerprint density at radius 1 is 1.35 bits per heavy atom.